The molecule has 0 fully saturated rings. The highest BCUT2D eigenvalue weighted by molar-refractivity contribution is 7.90. The molecule has 0 saturated heterocycles. The Kier molecular flexibility index (Phi) is 4.31. The first-order valence-corrected chi connectivity index (χ1v) is 9.71. The van der Waals surface area contributed by atoms with Crippen molar-refractivity contribution in [3.05, 3.63) is 57.9 Å². The minimum absolute atomic E-state index is 0.137. The summed E-state index contributed by atoms with van der Waals surface area (Å²) < 4.78 is 32.0. The zero-order valence-corrected chi connectivity index (χ0v) is 15.0. The van der Waals surface area contributed by atoms with E-state index in [2.05, 4.69) is 4.40 Å². The van der Waals surface area contributed by atoms with Crippen molar-refractivity contribution in [3.8, 4) is 0 Å². The Hall–Kier alpha value is -1.63. The number of thiazole rings is 1. The molecule has 0 N–H and O–H groups in total. The highest BCUT2D eigenvalue weighted by atomic mass is 35.5. The summed E-state index contributed by atoms with van der Waals surface area (Å²) >= 11 is 7.19. The van der Waals surface area contributed by atoms with Crippen LogP contribution < -0.4 is 4.80 Å². The maximum atomic E-state index is 12.5. The quantitative estimate of drug-likeness (QED) is 0.704. The lowest BCUT2D eigenvalue weighted by Gasteiger charge is -2.01. The van der Waals surface area contributed by atoms with Crippen molar-refractivity contribution in [1.82, 2.24) is 4.57 Å². The number of hydrogen-bond acceptors (Lipinski definition) is 3. The third-order valence-electron chi connectivity index (χ3n) is 3.46. The smallest absolute Gasteiger partial charge is 0.285 e. The summed E-state index contributed by atoms with van der Waals surface area (Å²) in [5.41, 5.74) is 2.13. The van der Waals surface area contributed by atoms with E-state index in [0.29, 0.717) is 16.4 Å². The molecule has 4 nitrogen and oxygen atoms in total. The highest BCUT2D eigenvalue weighted by Crippen LogP contribution is 2.20. The van der Waals surface area contributed by atoms with Crippen LogP contribution >= 0.6 is 22.9 Å². The van der Waals surface area contributed by atoms with Gasteiger partial charge in [0.2, 0.25) is 4.80 Å². The summed E-state index contributed by atoms with van der Waals surface area (Å²) in [6, 6.07) is 12.1. The molecule has 3 rings (SSSR count). The molecule has 0 bridgehead atoms. The Morgan fingerprint density at radius 3 is 2.52 bits per heavy atom. The van der Waals surface area contributed by atoms with Crippen molar-refractivity contribution < 1.29 is 8.42 Å². The first-order chi connectivity index (χ1) is 10.9. The topological polar surface area (TPSA) is 51.4 Å². The zero-order chi connectivity index (χ0) is 16.6. The number of fused-ring (bicyclic) bond motifs is 1. The van der Waals surface area contributed by atoms with Crippen LogP contribution in [0.1, 0.15) is 12.5 Å². The van der Waals surface area contributed by atoms with Gasteiger partial charge in [-0.15, -0.1) is 4.40 Å². The van der Waals surface area contributed by atoms with Crippen molar-refractivity contribution in [2.75, 3.05) is 0 Å². The van der Waals surface area contributed by atoms with Crippen LogP contribution in [0.3, 0.4) is 0 Å². The van der Waals surface area contributed by atoms with Crippen molar-refractivity contribution in [1.29, 1.82) is 0 Å². The molecule has 120 valence electrons. The van der Waals surface area contributed by atoms with E-state index >= 15 is 0 Å². The predicted molar refractivity (Wildman–Crippen MR) is 94.4 cm³/mol. The largest absolute Gasteiger partial charge is 0.316 e. The van der Waals surface area contributed by atoms with Crippen LogP contribution in [0.25, 0.3) is 10.2 Å². The van der Waals surface area contributed by atoms with Gasteiger partial charge in [0.05, 0.1) is 15.1 Å². The van der Waals surface area contributed by atoms with Crippen molar-refractivity contribution in [2.45, 2.75) is 25.3 Å². The third kappa shape index (κ3) is 3.20. The SMILES string of the molecule is CCn1/c(=N/S(=O)(=O)c2ccc(Cl)cc2)sc2cc(C)ccc21. The van der Waals surface area contributed by atoms with Crippen molar-refractivity contribution >= 4 is 43.2 Å². The maximum absolute atomic E-state index is 12.5. The molecule has 0 unspecified atom stereocenters. The Morgan fingerprint density at radius 1 is 1.17 bits per heavy atom. The fraction of sp³-hybridized carbons (Fsp3) is 0.188. The summed E-state index contributed by atoms with van der Waals surface area (Å²) in [5, 5.41) is 0.491. The summed E-state index contributed by atoms with van der Waals surface area (Å²) in [6.45, 7) is 4.63. The van der Waals surface area contributed by atoms with E-state index in [9.17, 15) is 8.42 Å². The lowest BCUT2D eigenvalue weighted by atomic mass is 10.2. The molecule has 1 heterocycles. The number of benzene rings is 2. The number of halogens is 1. The van der Waals surface area contributed by atoms with E-state index in [0.717, 1.165) is 15.8 Å². The second-order valence-electron chi connectivity index (χ2n) is 5.12. The first kappa shape index (κ1) is 16.2. The number of sulfonamides is 1. The molecular weight excluding hydrogens is 352 g/mol. The van der Waals surface area contributed by atoms with Crippen LogP contribution in [0.2, 0.25) is 5.02 Å². The van der Waals surface area contributed by atoms with Gasteiger partial charge in [-0.2, -0.15) is 8.42 Å². The molecule has 0 amide bonds. The lowest BCUT2D eigenvalue weighted by Crippen LogP contribution is -2.16. The number of rotatable bonds is 3. The van der Waals surface area contributed by atoms with Gasteiger partial charge in [-0.3, -0.25) is 0 Å². The second-order valence-corrected chi connectivity index (χ2v) is 8.17. The molecule has 0 aliphatic rings. The van der Waals surface area contributed by atoms with Gasteiger partial charge in [-0.25, -0.2) is 0 Å². The van der Waals surface area contributed by atoms with E-state index in [1.807, 2.05) is 36.6 Å². The molecule has 0 spiro atoms. The van der Waals surface area contributed by atoms with E-state index in [-0.39, 0.29) is 4.90 Å². The average molecular weight is 367 g/mol. The molecular formula is C16H15ClN2O2S2. The fourth-order valence-electron chi connectivity index (χ4n) is 2.32. The van der Waals surface area contributed by atoms with Crippen LogP contribution in [-0.4, -0.2) is 13.0 Å². The monoisotopic (exact) mass is 366 g/mol. The molecule has 3 aromatic rings. The lowest BCUT2D eigenvalue weighted by molar-refractivity contribution is 0.595. The van der Waals surface area contributed by atoms with Crippen LogP contribution in [0, 0.1) is 6.92 Å². The maximum Gasteiger partial charge on any atom is 0.285 e. The van der Waals surface area contributed by atoms with Gasteiger partial charge in [-0.1, -0.05) is 29.0 Å². The van der Waals surface area contributed by atoms with Crippen LogP contribution in [0.4, 0.5) is 0 Å². The van der Waals surface area contributed by atoms with Crippen LogP contribution in [-0.2, 0) is 16.6 Å². The van der Waals surface area contributed by atoms with E-state index in [1.54, 1.807) is 12.1 Å². The molecule has 1 aromatic heterocycles. The number of aryl methyl sites for hydroxylation is 2. The normalized spacial score (nSPS) is 12.9. The number of nitrogens with zero attached hydrogens (tertiary/aromatic N) is 2. The summed E-state index contributed by atoms with van der Waals surface area (Å²) in [6.07, 6.45) is 0. The Balaban J connectivity index is 2.22. The number of hydrogen-bond donors (Lipinski definition) is 0. The highest BCUT2D eigenvalue weighted by Gasteiger charge is 2.14. The van der Waals surface area contributed by atoms with Gasteiger partial charge >= 0.3 is 0 Å². The molecule has 0 atom stereocenters. The van der Waals surface area contributed by atoms with Gasteiger partial charge in [0.25, 0.3) is 10.0 Å². The summed E-state index contributed by atoms with van der Waals surface area (Å²) in [5.74, 6) is 0. The second kappa shape index (κ2) is 6.11. The molecule has 2 aromatic carbocycles. The standard InChI is InChI=1S/C16H15ClN2O2S2/c1-3-19-14-9-4-11(2)10-15(14)22-16(19)18-23(20,21)13-7-5-12(17)6-8-13/h4-10H,3H2,1-2H3/b18-16-. The Bertz CT molecular complexity index is 1030. The molecule has 23 heavy (non-hydrogen) atoms. The van der Waals surface area contributed by atoms with Crippen molar-refractivity contribution in [2.24, 2.45) is 4.40 Å². The average Bonchev–Trinajstić information content (AvgIpc) is 2.82. The molecule has 0 radical (unpaired) electrons. The molecule has 0 aliphatic heterocycles. The summed E-state index contributed by atoms with van der Waals surface area (Å²) in [7, 11) is -3.76. The van der Waals surface area contributed by atoms with Crippen LogP contribution in [0.5, 0.6) is 0 Å². The van der Waals surface area contributed by atoms with Gasteiger partial charge in [-0.05, 0) is 55.8 Å². The van der Waals surface area contributed by atoms with Gasteiger partial charge in [0.15, 0.2) is 0 Å². The predicted octanol–water partition coefficient (Wildman–Crippen LogP) is 3.97. The Labute approximate surface area is 143 Å². The molecule has 0 saturated carbocycles. The van der Waals surface area contributed by atoms with E-state index < -0.39 is 10.0 Å². The van der Waals surface area contributed by atoms with Crippen LogP contribution in [0.15, 0.2) is 51.8 Å². The molecule has 7 heteroatoms. The van der Waals surface area contributed by atoms with Gasteiger partial charge in [0.1, 0.15) is 0 Å². The molecule has 0 aliphatic carbocycles. The first-order valence-electron chi connectivity index (χ1n) is 7.07. The minimum atomic E-state index is -3.76. The van der Waals surface area contributed by atoms with E-state index in [4.69, 9.17) is 11.6 Å². The summed E-state index contributed by atoms with van der Waals surface area (Å²) in [4.78, 5) is 0.612. The zero-order valence-electron chi connectivity index (χ0n) is 12.7. The minimum Gasteiger partial charge on any atom is -0.316 e. The van der Waals surface area contributed by atoms with Gasteiger partial charge < -0.3 is 4.57 Å². The third-order valence-corrected chi connectivity index (χ3v) is 6.15. The van der Waals surface area contributed by atoms with E-state index in [1.165, 1.54) is 23.5 Å². The van der Waals surface area contributed by atoms with Gasteiger partial charge in [0, 0.05) is 11.6 Å². The Morgan fingerprint density at radius 2 is 1.87 bits per heavy atom. The van der Waals surface area contributed by atoms with Crippen molar-refractivity contribution in [3.63, 3.8) is 0 Å². The fourth-order valence-corrected chi connectivity index (χ4v) is 4.84. The number of aromatic nitrogens is 1.